The van der Waals surface area contributed by atoms with Crippen LogP contribution in [0.15, 0.2) is 0 Å². The van der Waals surface area contributed by atoms with Gasteiger partial charge in [-0.25, -0.2) is 0 Å². The van der Waals surface area contributed by atoms with Gasteiger partial charge in [-0.15, -0.1) is 0 Å². The highest BCUT2D eigenvalue weighted by Crippen LogP contribution is 2.66. The van der Waals surface area contributed by atoms with Gasteiger partial charge >= 0.3 is 0 Å². The second-order valence-electron chi connectivity index (χ2n) is 9.87. The quantitative estimate of drug-likeness (QED) is 0.753. The maximum absolute atomic E-state index is 10.5. The fourth-order valence-electron chi connectivity index (χ4n) is 7.46. The summed E-state index contributed by atoms with van der Waals surface area (Å²) in [5.41, 5.74) is 1.48. The van der Waals surface area contributed by atoms with Crippen LogP contribution >= 0.6 is 0 Å². The number of rotatable bonds is 2. The van der Waals surface area contributed by atoms with E-state index < -0.39 is 0 Å². The van der Waals surface area contributed by atoms with Gasteiger partial charge in [0.2, 0.25) is 0 Å². The molecule has 5 aliphatic rings. The first-order valence-corrected chi connectivity index (χ1v) is 9.35. The van der Waals surface area contributed by atoms with E-state index in [-0.39, 0.29) is 6.10 Å². The van der Waals surface area contributed by atoms with Crippen LogP contribution < -0.4 is 5.32 Å². The minimum Gasteiger partial charge on any atom is -0.392 e. The lowest BCUT2D eigenvalue weighted by Crippen LogP contribution is -2.66. The molecule has 2 heteroatoms. The van der Waals surface area contributed by atoms with Gasteiger partial charge in [-0.3, -0.25) is 0 Å². The summed E-state index contributed by atoms with van der Waals surface area (Å²) in [6.45, 7) is 5.07. The Labute approximate surface area is 130 Å². The summed E-state index contributed by atoms with van der Waals surface area (Å²) in [6.07, 6.45) is 14.3. The molecule has 120 valence electrons. The molecule has 0 saturated heterocycles. The Hall–Kier alpha value is -0.0800. The summed E-state index contributed by atoms with van der Waals surface area (Å²) in [5, 5.41) is 14.6. The Kier molecular flexibility index (Phi) is 3.25. The van der Waals surface area contributed by atoms with Crippen molar-refractivity contribution in [2.24, 2.45) is 16.7 Å². The number of aliphatic hydroxyl groups is 1. The van der Waals surface area contributed by atoms with Gasteiger partial charge in [0.25, 0.3) is 0 Å². The Morgan fingerprint density at radius 2 is 1.52 bits per heavy atom. The van der Waals surface area contributed by atoms with Gasteiger partial charge < -0.3 is 10.4 Å². The Morgan fingerprint density at radius 1 is 0.857 bits per heavy atom. The first-order chi connectivity index (χ1) is 9.90. The molecule has 0 aromatic carbocycles. The van der Waals surface area contributed by atoms with E-state index in [4.69, 9.17) is 0 Å². The first-order valence-electron chi connectivity index (χ1n) is 9.35. The molecule has 2 nitrogen and oxygen atoms in total. The third-order valence-corrected chi connectivity index (χ3v) is 7.10. The highest BCUT2D eigenvalue weighted by atomic mass is 16.3. The van der Waals surface area contributed by atoms with E-state index in [1.807, 2.05) is 0 Å². The highest BCUT2D eigenvalue weighted by molar-refractivity contribution is 5.15. The molecule has 4 bridgehead atoms. The summed E-state index contributed by atoms with van der Waals surface area (Å²) in [5.74, 6) is 0.937. The molecule has 5 rings (SSSR count). The molecule has 0 spiro atoms. The summed E-state index contributed by atoms with van der Waals surface area (Å²) in [4.78, 5) is 0. The van der Waals surface area contributed by atoms with Gasteiger partial charge in [0, 0.05) is 11.6 Å². The summed E-state index contributed by atoms with van der Waals surface area (Å²) >= 11 is 0. The van der Waals surface area contributed by atoms with E-state index in [2.05, 4.69) is 19.2 Å². The Morgan fingerprint density at radius 3 is 2.19 bits per heavy atom. The smallest absolute Gasteiger partial charge is 0.0693 e. The molecule has 21 heavy (non-hydrogen) atoms. The van der Waals surface area contributed by atoms with Gasteiger partial charge in [0.15, 0.2) is 0 Å². The van der Waals surface area contributed by atoms with Crippen molar-refractivity contribution < 1.29 is 5.11 Å². The molecule has 0 aromatic heterocycles. The number of hydrogen-bond acceptors (Lipinski definition) is 2. The van der Waals surface area contributed by atoms with E-state index in [1.165, 1.54) is 64.2 Å². The van der Waals surface area contributed by atoms with Crippen molar-refractivity contribution in [3.8, 4) is 0 Å². The molecular formula is C19H33NO. The molecule has 0 radical (unpaired) electrons. The molecule has 5 fully saturated rings. The minimum atomic E-state index is -0.110. The monoisotopic (exact) mass is 291 g/mol. The Bertz CT molecular complexity index is 402. The molecule has 2 N–H and O–H groups in total. The molecular weight excluding hydrogens is 258 g/mol. The van der Waals surface area contributed by atoms with E-state index in [0.717, 1.165) is 12.3 Å². The average molecular weight is 291 g/mol. The van der Waals surface area contributed by atoms with E-state index in [9.17, 15) is 5.11 Å². The SMILES string of the molecule is CC12CC3CC(C)(C1)CC(NC1CCCCCC1O)(C3)C2. The van der Waals surface area contributed by atoms with Crippen molar-refractivity contribution in [3.05, 3.63) is 0 Å². The molecule has 4 unspecified atom stereocenters. The molecule has 0 amide bonds. The van der Waals surface area contributed by atoms with Crippen LogP contribution in [0.2, 0.25) is 0 Å². The molecule has 0 aliphatic heterocycles. The fraction of sp³-hybridized carbons (Fsp3) is 1.00. The zero-order valence-corrected chi connectivity index (χ0v) is 14.0. The van der Waals surface area contributed by atoms with Crippen molar-refractivity contribution in [1.29, 1.82) is 0 Å². The molecule has 4 atom stereocenters. The normalized spacial score (nSPS) is 56.4. The van der Waals surface area contributed by atoms with Crippen LogP contribution in [0.1, 0.15) is 84.5 Å². The third-order valence-electron chi connectivity index (χ3n) is 7.10. The third kappa shape index (κ3) is 2.57. The van der Waals surface area contributed by atoms with Crippen LogP contribution in [0.4, 0.5) is 0 Å². The lowest BCUT2D eigenvalue weighted by atomic mass is 9.42. The fourth-order valence-corrected chi connectivity index (χ4v) is 7.46. The predicted octanol–water partition coefficient (Wildman–Crippen LogP) is 4.02. The highest BCUT2D eigenvalue weighted by Gasteiger charge is 2.60. The average Bonchev–Trinajstić information content (AvgIpc) is 2.49. The van der Waals surface area contributed by atoms with E-state index >= 15 is 0 Å². The van der Waals surface area contributed by atoms with Gasteiger partial charge in [-0.05, 0) is 68.1 Å². The van der Waals surface area contributed by atoms with Crippen LogP contribution in [-0.4, -0.2) is 22.8 Å². The van der Waals surface area contributed by atoms with Crippen molar-refractivity contribution >= 4 is 0 Å². The van der Waals surface area contributed by atoms with Crippen LogP contribution in [0.3, 0.4) is 0 Å². The van der Waals surface area contributed by atoms with Crippen LogP contribution in [0.5, 0.6) is 0 Å². The van der Waals surface area contributed by atoms with Crippen LogP contribution in [0.25, 0.3) is 0 Å². The van der Waals surface area contributed by atoms with Gasteiger partial charge in [-0.2, -0.15) is 0 Å². The molecule has 5 aliphatic carbocycles. The summed E-state index contributed by atoms with van der Waals surface area (Å²) in [7, 11) is 0. The summed E-state index contributed by atoms with van der Waals surface area (Å²) in [6, 6.07) is 0.357. The van der Waals surface area contributed by atoms with Crippen molar-refractivity contribution in [1.82, 2.24) is 5.32 Å². The maximum Gasteiger partial charge on any atom is 0.0693 e. The van der Waals surface area contributed by atoms with E-state index in [0.29, 0.717) is 22.4 Å². The van der Waals surface area contributed by atoms with Gasteiger partial charge in [0.1, 0.15) is 0 Å². The van der Waals surface area contributed by atoms with Crippen LogP contribution in [0, 0.1) is 16.7 Å². The predicted molar refractivity (Wildman–Crippen MR) is 86.2 cm³/mol. The van der Waals surface area contributed by atoms with Gasteiger partial charge in [-0.1, -0.05) is 33.1 Å². The second kappa shape index (κ2) is 4.71. The standard InChI is InChI=1S/C19H33NO/c1-17-8-14-9-18(2,11-17)13-19(10-14,12-17)20-15-6-4-3-5-7-16(15)21/h14-16,20-21H,3-13H2,1-2H3. The van der Waals surface area contributed by atoms with Gasteiger partial charge in [0.05, 0.1) is 6.10 Å². The molecule has 5 saturated carbocycles. The minimum absolute atomic E-state index is 0.110. The zero-order valence-electron chi connectivity index (χ0n) is 14.0. The number of nitrogens with one attached hydrogen (secondary N) is 1. The topological polar surface area (TPSA) is 32.3 Å². The Balaban J connectivity index is 1.56. The van der Waals surface area contributed by atoms with Crippen molar-refractivity contribution in [3.63, 3.8) is 0 Å². The largest absolute Gasteiger partial charge is 0.392 e. The summed E-state index contributed by atoms with van der Waals surface area (Å²) < 4.78 is 0. The zero-order chi connectivity index (χ0) is 14.7. The number of hydrogen-bond donors (Lipinski definition) is 2. The maximum atomic E-state index is 10.5. The molecule has 0 aromatic rings. The van der Waals surface area contributed by atoms with Crippen molar-refractivity contribution in [2.75, 3.05) is 0 Å². The lowest BCUT2D eigenvalue weighted by Gasteiger charge is -2.66. The first kappa shape index (κ1) is 14.5. The van der Waals surface area contributed by atoms with Crippen molar-refractivity contribution in [2.45, 2.75) is 102 Å². The lowest BCUT2D eigenvalue weighted by molar-refractivity contribution is -0.124. The van der Waals surface area contributed by atoms with Crippen LogP contribution in [-0.2, 0) is 0 Å². The number of aliphatic hydroxyl groups excluding tert-OH is 1. The second-order valence-corrected chi connectivity index (χ2v) is 9.87. The van der Waals surface area contributed by atoms with E-state index in [1.54, 1.807) is 0 Å². The molecule has 0 heterocycles.